The molecule has 2 amide bonds. The van der Waals surface area contributed by atoms with Crippen molar-refractivity contribution in [2.45, 2.75) is 44.9 Å². The second-order valence-electron chi connectivity index (χ2n) is 5.77. The Bertz CT molecular complexity index is 264. The smallest absolute Gasteiger partial charge is 0.317 e. The Labute approximate surface area is 110 Å². The van der Waals surface area contributed by atoms with E-state index in [0.717, 1.165) is 39.0 Å². The third kappa shape index (κ3) is 3.61. The number of urea groups is 1. The van der Waals surface area contributed by atoms with Crippen molar-refractivity contribution in [3.63, 3.8) is 0 Å². The third-order valence-corrected chi connectivity index (χ3v) is 4.53. The van der Waals surface area contributed by atoms with Gasteiger partial charge >= 0.3 is 6.03 Å². The molecule has 2 fully saturated rings. The van der Waals surface area contributed by atoms with E-state index in [9.17, 15) is 4.79 Å². The van der Waals surface area contributed by atoms with Crippen molar-refractivity contribution in [1.82, 2.24) is 10.2 Å². The second kappa shape index (κ2) is 6.98. The van der Waals surface area contributed by atoms with Crippen molar-refractivity contribution < 1.29 is 4.79 Å². The van der Waals surface area contributed by atoms with E-state index in [2.05, 4.69) is 5.32 Å². The molecule has 4 nitrogen and oxygen atoms in total. The van der Waals surface area contributed by atoms with Gasteiger partial charge in [0.15, 0.2) is 0 Å². The number of piperidine rings is 1. The topological polar surface area (TPSA) is 58.4 Å². The molecule has 2 rings (SSSR count). The first-order valence-corrected chi connectivity index (χ1v) is 7.54. The highest BCUT2D eigenvalue weighted by atomic mass is 16.2. The highest BCUT2D eigenvalue weighted by molar-refractivity contribution is 5.74. The summed E-state index contributed by atoms with van der Waals surface area (Å²) in [7, 11) is 0. The Hall–Kier alpha value is -0.770. The number of amides is 2. The van der Waals surface area contributed by atoms with Crippen molar-refractivity contribution in [2.24, 2.45) is 17.6 Å². The minimum absolute atomic E-state index is 0.135. The van der Waals surface area contributed by atoms with Crippen molar-refractivity contribution in [3.8, 4) is 0 Å². The zero-order valence-electron chi connectivity index (χ0n) is 11.4. The van der Waals surface area contributed by atoms with Crippen molar-refractivity contribution in [3.05, 3.63) is 0 Å². The number of carbonyl (C=O) groups excluding carboxylic acids is 1. The second-order valence-corrected chi connectivity index (χ2v) is 5.77. The van der Waals surface area contributed by atoms with Crippen LogP contribution in [0.2, 0.25) is 0 Å². The molecule has 0 bridgehead atoms. The Morgan fingerprint density at radius 1 is 1.06 bits per heavy atom. The summed E-state index contributed by atoms with van der Waals surface area (Å²) in [5.41, 5.74) is 5.82. The Morgan fingerprint density at radius 2 is 1.72 bits per heavy atom. The average molecular weight is 253 g/mol. The monoisotopic (exact) mass is 253 g/mol. The lowest BCUT2D eigenvalue weighted by atomic mass is 9.79. The third-order valence-electron chi connectivity index (χ3n) is 4.53. The Morgan fingerprint density at radius 3 is 2.39 bits per heavy atom. The van der Waals surface area contributed by atoms with Crippen LogP contribution in [0.3, 0.4) is 0 Å². The van der Waals surface area contributed by atoms with Gasteiger partial charge in [0.05, 0.1) is 0 Å². The predicted molar refractivity (Wildman–Crippen MR) is 73.3 cm³/mol. The van der Waals surface area contributed by atoms with Gasteiger partial charge < -0.3 is 16.0 Å². The van der Waals surface area contributed by atoms with Gasteiger partial charge in [-0.3, -0.25) is 0 Å². The molecule has 104 valence electrons. The number of carbonyl (C=O) groups is 1. The molecule has 0 spiro atoms. The van der Waals surface area contributed by atoms with Crippen LogP contribution < -0.4 is 11.1 Å². The molecule has 2 atom stereocenters. The van der Waals surface area contributed by atoms with Crippen molar-refractivity contribution >= 4 is 6.03 Å². The van der Waals surface area contributed by atoms with Gasteiger partial charge in [-0.25, -0.2) is 4.79 Å². The quantitative estimate of drug-likeness (QED) is 0.807. The summed E-state index contributed by atoms with van der Waals surface area (Å²) < 4.78 is 0. The van der Waals surface area contributed by atoms with Gasteiger partial charge in [-0.2, -0.15) is 0 Å². The highest BCUT2D eigenvalue weighted by Gasteiger charge is 2.25. The molecule has 1 heterocycles. The minimum Gasteiger partial charge on any atom is -0.338 e. The molecule has 1 saturated heterocycles. The Balaban J connectivity index is 1.73. The average Bonchev–Trinajstić information content (AvgIpc) is 2.46. The van der Waals surface area contributed by atoms with E-state index in [0.29, 0.717) is 11.8 Å². The van der Waals surface area contributed by atoms with Crippen molar-refractivity contribution in [2.75, 3.05) is 26.2 Å². The molecule has 1 aliphatic heterocycles. The zero-order valence-corrected chi connectivity index (χ0v) is 11.4. The number of hydrogen-bond acceptors (Lipinski definition) is 2. The molecular formula is C14H27N3O. The predicted octanol–water partition coefficient (Wildman–Crippen LogP) is 1.95. The molecule has 0 aromatic rings. The first-order chi connectivity index (χ1) is 8.81. The first kappa shape index (κ1) is 13.7. The fourth-order valence-electron chi connectivity index (χ4n) is 3.29. The fraction of sp³-hybridized carbons (Fsp3) is 0.929. The molecule has 4 heteroatoms. The molecular weight excluding hydrogens is 226 g/mol. The lowest BCUT2D eigenvalue weighted by Gasteiger charge is -2.32. The molecule has 2 unspecified atom stereocenters. The zero-order chi connectivity index (χ0) is 12.8. The van der Waals surface area contributed by atoms with Crippen LogP contribution in [-0.2, 0) is 0 Å². The number of likely N-dealkylation sites (tertiary alicyclic amines) is 1. The molecule has 2 aliphatic rings. The van der Waals surface area contributed by atoms with Gasteiger partial charge in [-0.05, 0) is 50.5 Å². The summed E-state index contributed by atoms with van der Waals surface area (Å²) >= 11 is 0. The van der Waals surface area contributed by atoms with Crippen LogP contribution in [0.15, 0.2) is 0 Å². The van der Waals surface area contributed by atoms with Crippen LogP contribution in [0.5, 0.6) is 0 Å². The largest absolute Gasteiger partial charge is 0.338 e. The summed E-state index contributed by atoms with van der Waals surface area (Å²) in [5, 5.41) is 3.12. The van der Waals surface area contributed by atoms with Gasteiger partial charge in [-0.15, -0.1) is 0 Å². The van der Waals surface area contributed by atoms with Crippen molar-refractivity contribution in [1.29, 1.82) is 0 Å². The molecule has 3 N–H and O–H groups in total. The van der Waals surface area contributed by atoms with Crippen LogP contribution in [-0.4, -0.2) is 37.1 Å². The van der Waals surface area contributed by atoms with Crippen LogP contribution in [0.4, 0.5) is 4.79 Å². The van der Waals surface area contributed by atoms with E-state index >= 15 is 0 Å². The summed E-state index contributed by atoms with van der Waals surface area (Å²) in [6, 6.07) is 0.135. The van der Waals surface area contributed by atoms with Crippen LogP contribution in [0, 0.1) is 11.8 Å². The minimum atomic E-state index is 0.135. The lowest BCUT2D eigenvalue weighted by molar-refractivity contribution is 0.177. The van der Waals surface area contributed by atoms with Gasteiger partial charge in [0.2, 0.25) is 0 Å². The highest BCUT2D eigenvalue weighted by Crippen LogP contribution is 2.28. The first-order valence-electron chi connectivity index (χ1n) is 7.54. The molecule has 0 aromatic heterocycles. The number of nitrogens with one attached hydrogen (secondary N) is 1. The number of rotatable bonds is 3. The molecule has 1 saturated carbocycles. The fourth-order valence-corrected chi connectivity index (χ4v) is 3.29. The van der Waals surface area contributed by atoms with Gasteiger partial charge in [0.1, 0.15) is 0 Å². The van der Waals surface area contributed by atoms with E-state index in [1.165, 1.54) is 32.1 Å². The van der Waals surface area contributed by atoms with Crippen LogP contribution >= 0.6 is 0 Å². The molecule has 18 heavy (non-hydrogen) atoms. The maximum atomic E-state index is 12.0. The molecule has 1 aliphatic carbocycles. The molecule has 0 radical (unpaired) electrons. The standard InChI is InChI=1S/C14H27N3O/c15-10-12-6-2-3-7-13(12)11-16-14(18)17-8-4-1-5-9-17/h12-13H,1-11,15H2,(H,16,18). The Kier molecular flexibility index (Phi) is 5.29. The van der Waals surface area contributed by atoms with Gasteiger partial charge in [-0.1, -0.05) is 12.8 Å². The maximum absolute atomic E-state index is 12.0. The van der Waals surface area contributed by atoms with E-state index in [1.54, 1.807) is 0 Å². The number of nitrogens with two attached hydrogens (primary N) is 1. The number of hydrogen-bond donors (Lipinski definition) is 2. The van der Waals surface area contributed by atoms with E-state index in [1.807, 2.05) is 4.90 Å². The van der Waals surface area contributed by atoms with E-state index in [-0.39, 0.29) is 6.03 Å². The van der Waals surface area contributed by atoms with Crippen LogP contribution in [0.25, 0.3) is 0 Å². The van der Waals surface area contributed by atoms with Gasteiger partial charge in [0.25, 0.3) is 0 Å². The summed E-state index contributed by atoms with van der Waals surface area (Å²) in [5.74, 6) is 1.21. The molecule has 0 aromatic carbocycles. The SMILES string of the molecule is NCC1CCCCC1CNC(=O)N1CCCCC1. The lowest BCUT2D eigenvalue weighted by Crippen LogP contribution is -2.45. The maximum Gasteiger partial charge on any atom is 0.317 e. The van der Waals surface area contributed by atoms with Crippen LogP contribution in [0.1, 0.15) is 44.9 Å². The van der Waals surface area contributed by atoms with E-state index in [4.69, 9.17) is 5.73 Å². The number of nitrogens with zero attached hydrogens (tertiary/aromatic N) is 1. The summed E-state index contributed by atoms with van der Waals surface area (Å²) in [6.07, 6.45) is 8.63. The van der Waals surface area contributed by atoms with Gasteiger partial charge in [0, 0.05) is 19.6 Å². The summed E-state index contributed by atoms with van der Waals surface area (Å²) in [6.45, 7) is 3.44. The normalized spacial score (nSPS) is 29.1. The summed E-state index contributed by atoms with van der Waals surface area (Å²) in [4.78, 5) is 14.0. The van der Waals surface area contributed by atoms with E-state index < -0.39 is 0 Å².